The van der Waals surface area contributed by atoms with E-state index in [1.165, 1.54) is 44.8 Å². The summed E-state index contributed by atoms with van der Waals surface area (Å²) in [6, 6.07) is 29.7. The Hall–Kier alpha value is -2.38. The molecule has 4 aromatic carbocycles. The molecule has 1 heteroatoms. The van der Waals surface area contributed by atoms with E-state index in [2.05, 4.69) is 72.8 Å². The second kappa shape index (κ2) is 5.07. The molecule has 110 valence electrons. The van der Waals surface area contributed by atoms with E-state index in [9.17, 15) is 0 Å². The molecule has 0 nitrogen and oxygen atoms in total. The molecule has 0 bridgehead atoms. The van der Waals surface area contributed by atoms with E-state index in [0.29, 0.717) is 0 Å². The fourth-order valence-electron chi connectivity index (χ4n) is 4.11. The molecule has 0 aromatic heterocycles. The molecule has 0 aliphatic carbocycles. The highest BCUT2D eigenvalue weighted by Gasteiger charge is 2.19. The Kier molecular flexibility index (Phi) is 2.89. The van der Waals surface area contributed by atoms with E-state index in [4.69, 9.17) is 0 Å². The van der Waals surface area contributed by atoms with Gasteiger partial charge < -0.3 is 0 Å². The number of hydrogen-bond donors (Lipinski definition) is 0. The third-order valence-corrected chi connectivity index (χ3v) is 6.96. The summed E-state index contributed by atoms with van der Waals surface area (Å²) >= 11 is 0. The van der Waals surface area contributed by atoms with Crippen molar-refractivity contribution in [1.82, 2.24) is 0 Å². The minimum Gasteiger partial charge on any atom is -0.0616 e. The molecule has 0 atom stereocenters. The molecule has 0 amide bonds. The van der Waals surface area contributed by atoms with Crippen LogP contribution in [0.15, 0.2) is 72.8 Å². The van der Waals surface area contributed by atoms with Gasteiger partial charge in [-0.05, 0) is 55.9 Å². The first-order valence-electron chi connectivity index (χ1n) is 8.43. The van der Waals surface area contributed by atoms with Crippen LogP contribution in [0.2, 0.25) is 0 Å². The summed E-state index contributed by atoms with van der Waals surface area (Å²) in [7, 11) is -0.0762. The van der Waals surface area contributed by atoms with Gasteiger partial charge in [0.25, 0.3) is 0 Å². The fraction of sp³-hybridized carbons (Fsp3) is 0.0909. The Morgan fingerprint density at radius 3 is 1.52 bits per heavy atom. The predicted octanol–water partition coefficient (Wildman–Crippen LogP) is 4.84. The molecular weight excluding hydrogens is 292 g/mol. The lowest BCUT2D eigenvalue weighted by Crippen LogP contribution is -1.98. The molecule has 1 aliphatic rings. The molecule has 4 aromatic rings. The first kappa shape index (κ1) is 13.1. The summed E-state index contributed by atoms with van der Waals surface area (Å²) < 4.78 is 0. The monoisotopic (exact) mass is 310 g/mol. The van der Waals surface area contributed by atoms with Crippen molar-refractivity contribution in [3.8, 4) is 11.1 Å². The standard InChI is InChI=1S/C22H18Si/c1-3-7-19-15(5-1)9-11-17-13-23-14-18-12-10-16-6-2-4-8-20(16)22(18)21(17)19/h1-12H,13-14,23H2. The van der Waals surface area contributed by atoms with Crippen LogP contribution in [-0.4, -0.2) is 9.52 Å². The topological polar surface area (TPSA) is 0 Å². The molecule has 0 unspecified atom stereocenters. The molecule has 0 saturated carbocycles. The van der Waals surface area contributed by atoms with Crippen LogP contribution in [0.4, 0.5) is 0 Å². The van der Waals surface area contributed by atoms with Crippen molar-refractivity contribution in [2.45, 2.75) is 12.1 Å². The Balaban J connectivity index is 2.01. The molecule has 0 saturated heterocycles. The van der Waals surface area contributed by atoms with Crippen molar-refractivity contribution >= 4 is 31.1 Å². The van der Waals surface area contributed by atoms with Gasteiger partial charge in [-0.25, -0.2) is 0 Å². The zero-order chi connectivity index (χ0) is 15.2. The van der Waals surface area contributed by atoms with Gasteiger partial charge in [-0.2, -0.15) is 0 Å². The van der Waals surface area contributed by atoms with Crippen LogP contribution in [0.1, 0.15) is 11.1 Å². The number of rotatable bonds is 0. The van der Waals surface area contributed by atoms with Gasteiger partial charge in [-0.1, -0.05) is 72.8 Å². The van der Waals surface area contributed by atoms with E-state index in [1.54, 1.807) is 11.1 Å². The molecule has 5 rings (SSSR count). The van der Waals surface area contributed by atoms with Gasteiger partial charge in [0.2, 0.25) is 0 Å². The lowest BCUT2D eigenvalue weighted by Gasteiger charge is -2.16. The van der Waals surface area contributed by atoms with Crippen LogP contribution in [0, 0.1) is 0 Å². The van der Waals surface area contributed by atoms with Crippen molar-refractivity contribution in [2.75, 3.05) is 0 Å². The summed E-state index contributed by atoms with van der Waals surface area (Å²) in [6.07, 6.45) is 0. The van der Waals surface area contributed by atoms with E-state index >= 15 is 0 Å². The van der Waals surface area contributed by atoms with Crippen LogP contribution in [-0.2, 0) is 12.1 Å². The quantitative estimate of drug-likeness (QED) is 0.408. The van der Waals surface area contributed by atoms with Crippen LogP contribution < -0.4 is 0 Å². The summed E-state index contributed by atoms with van der Waals surface area (Å²) in [4.78, 5) is 0. The minimum absolute atomic E-state index is 0.0762. The molecule has 23 heavy (non-hydrogen) atoms. The maximum absolute atomic E-state index is 2.38. The highest BCUT2D eigenvalue weighted by molar-refractivity contribution is 6.36. The number of benzene rings is 4. The maximum Gasteiger partial charge on any atom is 0.0297 e. The normalized spacial score (nSPS) is 13.6. The van der Waals surface area contributed by atoms with Gasteiger partial charge in [0.05, 0.1) is 0 Å². The maximum atomic E-state index is 2.38. The second-order valence-corrected chi connectivity index (χ2v) is 8.20. The lowest BCUT2D eigenvalue weighted by molar-refractivity contribution is 1.37. The first-order chi connectivity index (χ1) is 11.4. The van der Waals surface area contributed by atoms with E-state index < -0.39 is 0 Å². The van der Waals surface area contributed by atoms with Gasteiger partial charge in [0.1, 0.15) is 0 Å². The summed E-state index contributed by atoms with van der Waals surface area (Å²) in [5.74, 6) is 0. The lowest BCUT2D eigenvalue weighted by atomic mass is 9.88. The predicted molar refractivity (Wildman–Crippen MR) is 103 cm³/mol. The Morgan fingerprint density at radius 2 is 1.00 bits per heavy atom. The smallest absolute Gasteiger partial charge is 0.0297 e. The Morgan fingerprint density at radius 1 is 0.522 bits per heavy atom. The van der Waals surface area contributed by atoms with E-state index in [-0.39, 0.29) is 9.52 Å². The highest BCUT2D eigenvalue weighted by atomic mass is 28.2. The third-order valence-electron chi connectivity index (χ3n) is 5.17. The zero-order valence-electron chi connectivity index (χ0n) is 13.0. The number of fused-ring (bicyclic) bond motifs is 7. The van der Waals surface area contributed by atoms with Crippen molar-refractivity contribution in [2.24, 2.45) is 0 Å². The SMILES string of the molecule is c1ccc2c3c(ccc2c1)C[SiH2]Cc1ccc2ccccc2c1-3. The molecule has 0 fully saturated rings. The van der Waals surface area contributed by atoms with Gasteiger partial charge in [-0.15, -0.1) is 0 Å². The van der Waals surface area contributed by atoms with Gasteiger partial charge in [0, 0.05) is 9.52 Å². The molecule has 0 radical (unpaired) electrons. The average molecular weight is 310 g/mol. The van der Waals surface area contributed by atoms with Gasteiger partial charge in [0.15, 0.2) is 0 Å². The third kappa shape index (κ3) is 1.97. The molecule has 1 heterocycles. The summed E-state index contributed by atoms with van der Waals surface area (Å²) in [6.45, 7) is 0. The Bertz CT molecular complexity index is 961. The van der Waals surface area contributed by atoms with Crippen LogP contribution in [0.3, 0.4) is 0 Å². The zero-order valence-corrected chi connectivity index (χ0v) is 14.5. The molecule has 1 aliphatic heterocycles. The van der Waals surface area contributed by atoms with Crippen molar-refractivity contribution in [3.63, 3.8) is 0 Å². The van der Waals surface area contributed by atoms with Crippen LogP contribution in [0.5, 0.6) is 0 Å². The van der Waals surface area contributed by atoms with Crippen molar-refractivity contribution in [3.05, 3.63) is 83.9 Å². The van der Waals surface area contributed by atoms with E-state index in [0.717, 1.165) is 0 Å². The molecule has 0 spiro atoms. The average Bonchev–Trinajstić information content (AvgIpc) is 2.81. The van der Waals surface area contributed by atoms with Gasteiger partial charge in [-0.3, -0.25) is 0 Å². The minimum atomic E-state index is -0.0762. The first-order valence-corrected chi connectivity index (χ1v) is 10.4. The van der Waals surface area contributed by atoms with Gasteiger partial charge >= 0.3 is 0 Å². The fourth-order valence-corrected chi connectivity index (χ4v) is 5.88. The van der Waals surface area contributed by atoms with Crippen LogP contribution in [0.25, 0.3) is 32.7 Å². The number of hydrogen-bond acceptors (Lipinski definition) is 0. The van der Waals surface area contributed by atoms with Crippen molar-refractivity contribution in [1.29, 1.82) is 0 Å². The molecule has 0 N–H and O–H groups in total. The van der Waals surface area contributed by atoms with E-state index in [1.807, 2.05) is 0 Å². The highest BCUT2D eigenvalue weighted by Crippen LogP contribution is 2.40. The summed E-state index contributed by atoms with van der Waals surface area (Å²) in [5, 5.41) is 5.54. The Labute approximate surface area is 138 Å². The molecular formula is C22H18Si. The second-order valence-electron chi connectivity index (χ2n) is 6.50. The van der Waals surface area contributed by atoms with Crippen molar-refractivity contribution < 1.29 is 0 Å². The summed E-state index contributed by atoms with van der Waals surface area (Å²) in [5.41, 5.74) is 6.12. The van der Waals surface area contributed by atoms with Crippen LogP contribution >= 0.6 is 0 Å². The largest absolute Gasteiger partial charge is 0.0616 e.